The average molecular weight is 616 g/mol. The number of hydrogen-bond donors (Lipinski definition) is 1. The first-order valence-corrected chi connectivity index (χ1v) is 15.8. The molecule has 1 aliphatic rings. The zero-order valence-electron chi connectivity index (χ0n) is 23.6. The lowest BCUT2D eigenvalue weighted by Gasteiger charge is -2.33. The fourth-order valence-electron chi connectivity index (χ4n) is 4.97. The Morgan fingerprint density at radius 3 is 2.33 bits per heavy atom. The molecule has 11 heteroatoms. The van der Waals surface area contributed by atoms with Gasteiger partial charge in [-0.25, -0.2) is 12.8 Å². The molecule has 42 heavy (non-hydrogen) atoms. The number of para-hydroxylation sites is 2. The molecule has 0 aliphatic heterocycles. The Bertz CT molecular complexity index is 1500. The van der Waals surface area contributed by atoms with E-state index in [1.54, 1.807) is 44.2 Å². The van der Waals surface area contributed by atoms with Crippen LogP contribution in [0.2, 0.25) is 5.02 Å². The molecule has 3 aromatic rings. The smallest absolute Gasteiger partial charge is 0.264 e. The van der Waals surface area contributed by atoms with Crippen LogP contribution in [0.1, 0.15) is 45.1 Å². The molecule has 3 aromatic carbocycles. The number of rotatable bonds is 12. The highest BCUT2D eigenvalue weighted by Crippen LogP contribution is 2.33. The van der Waals surface area contributed by atoms with Crippen molar-refractivity contribution >= 4 is 39.1 Å². The number of amides is 2. The SMILES string of the molecule is CCOc1ccccc1N(CC(=O)N(Cc1ccccc1F)[C@@H](C)C(=O)NC1CCCC1)S(=O)(=O)c1ccc(Cl)cc1. The number of sulfonamides is 1. The van der Waals surface area contributed by atoms with Crippen molar-refractivity contribution in [3.63, 3.8) is 0 Å². The number of anilines is 1. The summed E-state index contributed by atoms with van der Waals surface area (Å²) in [6.45, 7) is 2.70. The monoisotopic (exact) mass is 615 g/mol. The lowest BCUT2D eigenvalue weighted by Crippen LogP contribution is -2.52. The maximum Gasteiger partial charge on any atom is 0.264 e. The second-order valence-electron chi connectivity index (χ2n) is 10.1. The van der Waals surface area contributed by atoms with Crippen LogP contribution in [0.3, 0.4) is 0 Å². The summed E-state index contributed by atoms with van der Waals surface area (Å²) in [5.74, 6) is -1.34. The zero-order valence-corrected chi connectivity index (χ0v) is 25.2. The molecule has 0 spiro atoms. The van der Waals surface area contributed by atoms with E-state index in [4.69, 9.17) is 16.3 Å². The van der Waals surface area contributed by atoms with Crippen LogP contribution in [-0.2, 0) is 26.2 Å². The zero-order chi connectivity index (χ0) is 30.3. The van der Waals surface area contributed by atoms with E-state index in [-0.39, 0.29) is 47.0 Å². The summed E-state index contributed by atoms with van der Waals surface area (Å²) in [5.41, 5.74) is 0.352. The molecule has 2 amide bonds. The summed E-state index contributed by atoms with van der Waals surface area (Å²) < 4.78 is 49.5. The molecule has 1 saturated carbocycles. The maximum atomic E-state index is 14.7. The largest absolute Gasteiger partial charge is 0.492 e. The first-order chi connectivity index (χ1) is 20.1. The van der Waals surface area contributed by atoms with Crippen LogP contribution in [0.25, 0.3) is 0 Å². The Morgan fingerprint density at radius 1 is 1.02 bits per heavy atom. The van der Waals surface area contributed by atoms with Crippen molar-refractivity contribution in [3.05, 3.63) is 89.2 Å². The summed E-state index contributed by atoms with van der Waals surface area (Å²) in [4.78, 5) is 28.5. The number of halogens is 2. The number of carbonyl (C=O) groups is 2. The maximum absolute atomic E-state index is 14.7. The van der Waals surface area contributed by atoms with Crippen LogP contribution in [-0.4, -0.2) is 50.4 Å². The average Bonchev–Trinajstić information content (AvgIpc) is 3.49. The molecule has 224 valence electrons. The fourth-order valence-corrected chi connectivity index (χ4v) is 6.52. The molecule has 0 aromatic heterocycles. The van der Waals surface area contributed by atoms with Gasteiger partial charge in [0.1, 0.15) is 24.2 Å². The van der Waals surface area contributed by atoms with Gasteiger partial charge < -0.3 is 15.0 Å². The number of benzene rings is 3. The van der Waals surface area contributed by atoms with E-state index in [1.807, 2.05) is 0 Å². The minimum atomic E-state index is -4.31. The molecule has 0 heterocycles. The van der Waals surface area contributed by atoms with Gasteiger partial charge in [-0.05, 0) is 69.2 Å². The van der Waals surface area contributed by atoms with Crippen LogP contribution in [0.4, 0.5) is 10.1 Å². The van der Waals surface area contributed by atoms with Gasteiger partial charge in [0.05, 0.1) is 17.2 Å². The first-order valence-electron chi connectivity index (χ1n) is 13.9. The number of nitrogens with zero attached hydrogens (tertiary/aromatic N) is 2. The Balaban J connectivity index is 1.73. The molecule has 0 bridgehead atoms. The van der Waals surface area contributed by atoms with E-state index in [0.29, 0.717) is 5.02 Å². The van der Waals surface area contributed by atoms with Gasteiger partial charge in [-0.15, -0.1) is 0 Å². The lowest BCUT2D eigenvalue weighted by atomic mass is 10.1. The van der Waals surface area contributed by atoms with Crippen molar-refractivity contribution in [3.8, 4) is 5.75 Å². The van der Waals surface area contributed by atoms with Crippen molar-refractivity contribution in [1.29, 1.82) is 0 Å². The predicted octanol–water partition coefficient (Wildman–Crippen LogP) is 5.55. The molecule has 1 fully saturated rings. The van der Waals surface area contributed by atoms with Gasteiger partial charge in [0.25, 0.3) is 10.0 Å². The molecule has 0 radical (unpaired) electrons. The van der Waals surface area contributed by atoms with E-state index in [1.165, 1.54) is 47.4 Å². The molecule has 1 atom stereocenters. The predicted molar refractivity (Wildman–Crippen MR) is 160 cm³/mol. The fraction of sp³-hybridized carbons (Fsp3) is 0.355. The molecule has 1 N–H and O–H groups in total. The van der Waals surface area contributed by atoms with Crippen molar-refractivity contribution in [2.75, 3.05) is 17.5 Å². The Kier molecular flexibility index (Phi) is 10.5. The third kappa shape index (κ3) is 7.41. The number of hydrogen-bond acceptors (Lipinski definition) is 5. The molecule has 4 rings (SSSR count). The van der Waals surface area contributed by atoms with Crippen LogP contribution >= 0.6 is 11.6 Å². The second kappa shape index (κ2) is 14.0. The summed E-state index contributed by atoms with van der Waals surface area (Å²) in [6.07, 6.45) is 3.71. The highest BCUT2D eigenvalue weighted by Gasteiger charge is 2.34. The quantitative estimate of drug-likeness (QED) is 0.288. The van der Waals surface area contributed by atoms with E-state index in [2.05, 4.69) is 5.32 Å². The van der Waals surface area contributed by atoms with Gasteiger partial charge in [0, 0.05) is 23.2 Å². The van der Waals surface area contributed by atoms with Gasteiger partial charge >= 0.3 is 0 Å². The normalized spacial score (nSPS) is 14.3. The van der Waals surface area contributed by atoms with Crippen LogP contribution < -0.4 is 14.4 Å². The summed E-state index contributed by atoms with van der Waals surface area (Å²) >= 11 is 6.01. The lowest BCUT2D eigenvalue weighted by molar-refractivity contribution is -0.139. The Morgan fingerprint density at radius 2 is 1.67 bits per heavy atom. The number of nitrogens with one attached hydrogen (secondary N) is 1. The van der Waals surface area contributed by atoms with Crippen molar-refractivity contribution in [2.24, 2.45) is 0 Å². The summed E-state index contributed by atoms with van der Waals surface area (Å²) in [7, 11) is -4.31. The molecule has 8 nitrogen and oxygen atoms in total. The number of ether oxygens (including phenoxy) is 1. The molecule has 1 aliphatic carbocycles. The molecule has 0 saturated heterocycles. The van der Waals surface area contributed by atoms with E-state index < -0.39 is 34.3 Å². The van der Waals surface area contributed by atoms with Crippen molar-refractivity contribution in [1.82, 2.24) is 10.2 Å². The van der Waals surface area contributed by atoms with Gasteiger partial charge in [-0.1, -0.05) is 54.8 Å². The third-order valence-electron chi connectivity index (χ3n) is 7.28. The summed E-state index contributed by atoms with van der Waals surface area (Å²) in [6, 6.07) is 17.1. The molecular weight excluding hydrogens is 581 g/mol. The van der Waals surface area contributed by atoms with Gasteiger partial charge in [-0.3, -0.25) is 13.9 Å². The first kappa shape index (κ1) is 31.3. The van der Waals surface area contributed by atoms with Crippen molar-refractivity contribution < 1.29 is 27.1 Å². The highest BCUT2D eigenvalue weighted by atomic mass is 35.5. The minimum absolute atomic E-state index is 0.00483. The van der Waals surface area contributed by atoms with Crippen molar-refractivity contribution in [2.45, 2.75) is 63.1 Å². The standard InChI is InChI=1S/C31H35ClFN3O5S/c1-3-41-29-15-9-8-14-28(29)36(42(39,40)26-18-16-24(32)17-19-26)21-30(37)35(20-23-10-4-7-13-27(23)33)22(2)31(38)34-25-11-5-6-12-25/h4,7-10,13-19,22,25H,3,5-6,11-12,20-21H2,1-2H3,(H,34,38)/t22-/m0/s1. The highest BCUT2D eigenvalue weighted by molar-refractivity contribution is 7.92. The molecule has 0 unspecified atom stereocenters. The van der Waals surface area contributed by atoms with Crippen LogP contribution in [0.5, 0.6) is 5.75 Å². The van der Waals surface area contributed by atoms with Gasteiger partial charge in [-0.2, -0.15) is 0 Å². The Labute approximate surface area is 251 Å². The van der Waals surface area contributed by atoms with Crippen LogP contribution in [0, 0.1) is 5.82 Å². The number of carbonyl (C=O) groups excluding carboxylic acids is 2. The third-order valence-corrected chi connectivity index (χ3v) is 9.31. The van der Waals surface area contributed by atoms with Gasteiger partial charge in [0.2, 0.25) is 11.8 Å². The second-order valence-corrected chi connectivity index (χ2v) is 12.4. The van der Waals surface area contributed by atoms with Crippen LogP contribution in [0.15, 0.2) is 77.7 Å². The van der Waals surface area contributed by atoms with E-state index in [0.717, 1.165) is 30.0 Å². The van der Waals surface area contributed by atoms with E-state index in [9.17, 15) is 22.4 Å². The Hall–Kier alpha value is -3.63. The molecular formula is C31H35ClFN3O5S. The topological polar surface area (TPSA) is 96.0 Å². The summed E-state index contributed by atoms with van der Waals surface area (Å²) in [5, 5.41) is 3.35. The van der Waals surface area contributed by atoms with E-state index >= 15 is 0 Å². The minimum Gasteiger partial charge on any atom is -0.492 e. The van der Waals surface area contributed by atoms with Gasteiger partial charge in [0.15, 0.2) is 0 Å².